The number of sulfone groups is 1. The SMILES string of the molecule is COS(=O)(=O)OC1C=CS(=O)(=O)C1. The van der Waals surface area contributed by atoms with Crippen molar-refractivity contribution in [3.05, 3.63) is 11.5 Å². The van der Waals surface area contributed by atoms with Crippen molar-refractivity contribution in [2.45, 2.75) is 6.10 Å². The molecule has 0 aromatic carbocycles. The van der Waals surface area contributed by atoms with Crippen molar-refractivity contribution in [1.29, 1.82) is 0 Å². The van der Waals surface area contributed by atoms with E-state index in [0.717, 1.165) is 18.6 Å². The van der Waals surface area contributed by atoms with Crippen molar-refractivity contribution in [2.75, 3.05) is 12.9 Å². The topological polar surface area (TPSA) is 86.7 Å². The van der Waals surface area contributed by atoms with E-state index in [2.05, 4.69) is 8.37 Å². The lowest BCUT2D eigenvalue weighted by Gasteiger charge is -2.06. The normalized spacial score (nSPS) is 26.4. The molecule has 1 aliphatic rings. The minimum absolute atomic E-state index is 0.365. The quantitative estimate of drug-likeness (QED) is 0.628. The molecule has 1 heterocycles. The molecule has 1 unspecified atom stereocenters. The van der Waals surface area contributed by atoms with E-state index >= 15 is 0 Å². The summed E-state index contributed by atoms with van der Waals surface area (Å²) >= 11 is 0. The average molecular weight is 228 g/mol. The summed E-state index contributed by atoms with van der Waals surface area (Å²) in [6.07, 6.45) is 0.182. The first-order valence-electron chi connectivity index (χ1n) is 3.24. The maximum atomic E-state index is 10.8. The van der Waals surface area contributed by atoms with Gasteiger partial charge in [0.15, 0.2) is 9.84 Å². The fourth-order valence-corrected chi connectivity index (χ4v) is 2.56. The molecule has 0 aliphatic carbocycles. The fraction of sp³-hybridized carbons (Fsp3) is 0.600. The van der Waals surface area contributed by atoms with Crippen LogP contribution in [-0.2, 0) is 28.6 Å². The van der Waals surface area contributed by atoms with Gasteiger partial charge in [-0.2, -0.15) is 8.42 Å². The van der Waals surface area contributed by atoms with E-state index in [-0.39, 0.29) is 5.75 Å². The molecule has 0 aromatic rings. The lowest BCUT2D eigenvalue weighted by Crippen LogP contribution is -2.20. The molecule has 1 atom stereocenters. The Morgan fingerprint density at radius 3 is 2.46 bits per heavy atom. The molecule has 0 fully saturated rings. The smallest absolute Gasteiger partial charge is 0.252 e. The van der Waals surface area contributed by atoms with Gasteiger partial charge in [0, 0.05) is 5.41 Å². The molecule has 6 nitrogen and oxygen atoms in total. The third kappa shape index (κ3) is 3.07. The Morgan fingerprint density at radius 2 is 2.08 bits per heavy atom. The van der Waals surface area contributed by atoms with Crippen LogP contribution in [-0.4, -0.2) is 35.8 Å². The summed E-state index contributed by atoms with van der Waals surface area (Å²) in [5.74, 6) is -0.365. The largest absolute Gasteiger partial charge is 0.400 e. The van der Waals surface area contributed by atoms with Crippen LogP contribution < -0.4 is 0 Å². The van der Waals surface area contributed by atoms with Gasteiger partial charge in [-0.05, 0) is 6.08 Å². The third-order valence-corrected chi connectivity index (χ3v) is 3.60. The summed E-state index contributed by atoms with van der Waals surface area (Å²) < 4.78 is 51.4. The van der Waals surface area contributed by atoms with Crippen LogP contribution in [0.25, 0.3) is 0 Å². The summed E-state index contributed by atoms with van der Waals surface area (Å²) in [6, 6.07) is 0. The van der Waals surface area contributed by atoms with Crippen LogP contribution in [0.5, 0.6) is 0 Å². The van der Waals surface area contributed by atoms with Crippen molar-refractivity contribution in [3.63, 3.8) is 0 Å². The molecule has 0 amide bonds. The maximum Gasteiger partial charge on any atom is 0.400 e. The standard InChI is InChI=1S/C5H8O6S2/c1-10-13(8,9)11-5-2-3-12(6,7)4-5/h2-3,5H,4H2,1H3. The highest BCUT2D eigenvalue weighted by atomic mass is 32.3. The number of hydrogen-bond acceptors (Lipinski definition) is 6. The Labute approximate surface area is 76.4 Å². The summed E-state index contributed by atoms with van der Waals surface area (Å²) in [5, 5.41) is 0.919. The zero-order valence-corrected chi connectivity index (χ0v) is 8.34. The highest BCUT2D eigenvalue weighted by Crippen LogP contribution is 2.13. The van der Waals surface area contributed by atoms with Gasteiger partial charge >= 0.3 is 10.4 Å². The molecule has 0 spiro atoms. The fourth-order valence-electron chi connectivity index (χ4n) is 0.798. The molecule has 0 saturated carbocycles. The zero-order chi connectivity index (χ0) is 10.1. The molecular weight excluding hydrogens is 220 g/mol. The Kier molecular flexibility index (Phi) is 2.76. The van der Waals surface area contributed by atoms with E-state index in [1.807, 2.05) is 0 Å². The van der Waals surface area contributed by atoms with Crippen LogP contribution in [0.1, 0.15) is 0 Å². The van der Waals surface area contributed by atoms with Gasteiger partial charge in [-0.1, -0.05) is 0 Å². The van der Waals surface area contributed by atoms with E-state index in [1.165, 1.54) is 0 Å². The van der Waals surface area contributed by atoms with Gasteiger partial charge in [-0.3, -0.25) is 4.18 Å². The zero-order valence-electron chi connectivity index (χ0n) is 6.71. The monoisotopic (exact) mass is 228 g/mol. The highest BCUT2D eigenvalue weighted by Gasteiger charge is 2.27. The predicted molar refractivity (Wildman–Crippen MR) is 43.7 cm³/mol. The van der Waals surface area contributed by atoms with Crippen LogP contribution in [0.3, 0.4) is 0 Å². The number of rotatable bonds is 3. The second-order valence-electron chi connectivity index (χ2n) is 2.37. The van der Waals surface area contributed by atoms with Crippen molar-refractivity contribution < 1.29 is 25.2 Å². The first-order valence-corrected chi connectivity index (χ1v) is 6.29. The predicted octanol–water partition coefficient (Wildman–Crippen LogP) is -0.795. The summed E-state index contributed by atoms with van der Waals surface area (Å²) in [6.45, 7) is 0. The molecule has 8 heteroatoms. The summed E-state index contributed by atoms with van der Waals surface area (Å²) in [7, 11) is -6.44. The molecule has 0 N–H and O–H groups in total. The Hall–Kier alpha value is -0.440. The van der Waals surface area contributed by atoms with Crippen LogP contribution in [0.4, 0.5) is 0 Å². The highest BCUT2D eigenvalue weighted by molar-refractivity contribution is 7.94. The van der Waals surface area contributed by atoms with Gasteiger partial charge in [0.2, 0.25) is 0 Å². The van der Waals surface area contributed by atoms with Crippen molar-refractivity contribution in [3.8, 4) is 0 Å². The molecule has 0 radical (unpaired) electrons. The van der Waals surface area contributed by atoms with E-state index in [4.69, 9.17) is 0 Å². The van der Waals surface area contributed by atoms with Gasteiger partial charge in [0.25, 0.3) is 0 Å². The molecule has 1 rings (SSSR count). The van der Waals surface area contributed by atoms with E-state index in [9.17, 15) is 16.8 Å². The van der Waals surface area contributed by atoms with E-state index in [1.54, 1.807) is 0 Å². The van der Waals surface area contributed by atoms with Crippen molar-refractivity contribution in [2.24, 2.45) is 0 Å². The Bertz CT molecular complexity index is 402. The molecule has 13 heavy (non-hydrogen) atoms. The second kappa shape index (κ2) is 3.37. The van der Waals surface area contributed by atoms with Crippen LogP contribution in [0.15, 0.2) is 11.5 Å². The Balaban J connectivity index is 2.67. The van der Waals surface area contributed by atoms with Gasteiger partial charge in [-0.25, -0.2) is 12.6 Å². The number of hydrogen-bond donors (Lipinski definition) is 0. The van der Waals surface area contributed by atoms with Gasteiger partial charge in [0.05, 0.1) is 12.9 Å². The first kappa shape index (κ1) is 10.6. The van der Waals surface area contributed by atoms with E-state index in [0.29, 0.717) is 0 Å². The van der Waals surface area contributed by atoms with Crippen LogP contribution >= 0.6 is 0 Å². The molecular formula is C5H8O6S2. The lowest BCUT2D eigenvalue weighted by molar-refractivity contribution is 0.218. The van der Waals surface area contributed by atoms with Gasteiger partial charge in [0.1, 0.15) is 6.10 Å². The summed E-state index contributed by atoms with van der Waals surface area (Å²) in [5.41, 5.74) is 0. The first-order chi connectivity index (χ1) is 5.85. The third-order valence-electron chi connectivity index (χ3n) is 1.34. The molecule has 0 bridgehead atoms. The van der Waals surface area contributed by atoms with Gasteiger partial charge in [-0.15, -0.1) is 0 Å². The van der Waals surface area contributed by atoms with Crippen molar-refractivity contribution in [1.82, 2.24) is 0 Å². The van der Waals surface area contributed by atoms with Crippen molar-refractivity contribution >= 4 is 20.2 Å². The average Bonchev–Trinajstić information content (AvgIpc) is 2.29. The Morgan fingerprint density at radius 1 is 1.46 bits per heavy atom. The lowest BCUT2D eigenvalue weighted by atomic mass is 10.4. The van der Waals surface area contributed by atoms with Crippen LogP contribution in [0.2, 0.25) is 0 Å². The van der Waals surface area contributed by atoms with Gasteiger partial charge < -0.3 is 0 Å². The minimum atomic E-state index is -4.07. The van der Waals surface area contributed by atoms with E-state index < -0.39 is 26.3 Å². The molecule has 1 aliphatic heterocycles. The second-order valence-corrected chi connectivity index (χ2v) is 5.64. The van der Waals surface area contributed by atoms with Crippen LogP contribution in [0, 0.1) is 0 Å². The summed E-state index contributed by atoms with van der Waals surface area (Å²) in [4.78, 5) is 0. The maximum absolute atomic E-state index is 10.8. The molecule has 0 saturated heterocycles. The minimum Gasteiger partial charge on any atom is -0.252 e. The molecule has 76 valence electrons. The molecule has 0 aromatic heterocycles.